The minimum Gasteiger partial charge on any atom is -0.454 e. The number of anilines is 1. The molecule has 1 aliphatic rings. The standard InChI is InChI=1S/C22H23N3O5S/c23-14-16-24(18-9-3-1-4-10-18)21(26)17-30-22(27)20-13-7-8-15-25(20)31(28,29)19-11-5-2-6-12-19/h1-6,9-12,20H,7-8,13,15-17H2. The van der Waals surface area contributed by atoms with Gasteiger partial charge in [0.25, 0.3) is 5.91 Å². The first-order valence-corrected chi connectivity index (χ1v) is 11.3. The van der Waals surface area contributed by atoms with Gasteiger partial charge in [-0.25, -0.2) is 8.42 Å². The molecule has 1 atom stereocenters. The molecule has 0 saturated carbocycles. The Morgan fingerprint density at radius 2 is 1.71 bits per heavy atom. The molecule has 0 spiro atoms. The highest BCUT2D eigenvalue weighted by molar-refractivity contribution is 7.89. The van der Waals surface area contributed by atoms with E-state index in [2.05, 4.69) is 0 Å². The molecule has 2 aromatic carbocycles. The summed E-state index contributed by atoms with van der Waals surface area (Å²) in [5.74, 6) is -1.33. The van der Waals surface area contributed by atoms with Gasteiger partial charge in [0, 0.05) is 12.2 Å². The van der Waals surface area contributed by atoms with E-state index in [-0.39, 0.29) is 18.0 Å². The Bertz CT molecular complexity index is 1050. The van der Waals surface area contributed by atoms with Gasteiger partial charge in [-0.3, -0.25) is 14.5 Å². The van der Waals surface area contributed by atoms with Crippen LogP contribution in [0, 0.1) is 11.3 Å². The van der Waals surface area contributed by atoms with E-state index in [4.69, 9.17) is 10.00 Å². The molecule has 0 N–H and O–H groups in total. The largest absolute Gasteiger partial charge is 0.454 e. The van der Waals surface area contributed by atoms with E-state index in [1.807, 2.05) is 6.07 Å². The molecule has 1 aliphatic heterocycles. The van der Waals surface area contributed by atoms with E-state index in [0.717, 1.165) is 4.31 Å². The van der Waals surface area contributed by atoms with Crippen molar-refractivity contribution in [3.05, 3.63) is 60.7 Å². The Balaban J connectivity index is 1.71. The van der Waals surface area contributed by atoms with Crippen molar-refractivity contribution in [2.45, 2.75) is 30.2 Å². The van der Waals surface area contributed by atoms with Gasteiger partial charge in [-0.1, -0.05) is 36.4 Å². The topological polar surface area (TPSA) is 108 Å². The van der Waals surface area contributed by atoms with Crippen LogP contribution in [0.3, 0.4) is 0 Å². The number of hydrogen-bond donors (Lipinski definition) is 0. The van der Waals surface area contributed by atoms with Gasteiger partial charge in [0.15, 0.2) is 6.61 Å². The van der Waals surface area contributed by atoms with E-state index in [1.165, 1.54) is 17.0 Å². The number of hydrogen-bond acceptors (Lipinski definition) is 6. The lowest BCUT2D eigenvalue weighted by Gasteiger charge is -2.33. The summed E-state index contributed by atoms with van der Waals surface area (Å²) in [6.45, 7) is -0.570. The number of benzene rings is 2. The Kier molecular flexibility index (Phi) is 7.39. The van der Waals surface area contributed by atoms with E-state index in [0.29, 0.717) is 24.9 Å². The minimum atomic E-state index is -3.87. The number of amides is 1. The molecular formula is C22H23N3O5S. The van der Waals surface area contributed by atoms with Crippen LogP contribution in [0.15, 0.2) is 65.6 Å². The van der Waals surface area contributed by atoms with Crippen molar-refractivity contribution in [2.24, 2.45) is 0 Å². The van der Waals surface area contributed by atoms with Gasteiger partial charge in [0.2, 0.25) is 10.0 Å². The molecule has 8 nitrogen and oxygen atoms in total. The predicted octanol–water partition coefficient (Wildman–Crippen LogP) is 2.33. The Morgan fingerprint density at radius 3 is 2.35 bits per heavy atom. The number of ether oxygens (including phenoxy) is 1. The second-order valence-corrected chi connectivity index (χ2v) is 8.91. The molecule has 1 amide bonds. The summed E-state index contributed by atoms with van der Waals surface area (Å²) in [6.07, 6.45) is 1.64. The van der Waals surface area contributed by atoms with E-state index < -0.39 is 34.5 Å². The number of carbonyl (C=O) groups is 2. The number of para-hydroxylation sites is 1. The molecular weight excluding hydrogens is 418 g/mol. The zero-order chi connectivity index (χ0) is 22.3. The van der Waals surface area contributed by atoms with Crippen molar-refractivity contribution in [3.63, 3.8) is 0 Å². The highest BCUT2D eigenvalue weighted by Crippen LogP contribution is 2.26. The van der Waals surface area contributed by atoms with Gasteiger partial charge in [0.05, 0.1) is 11.0 Å². The maximum atomic E-state index is 13.0. The summed E-state index contributed by atoms with van der Waals surface area (Å²) in [5, 5.41) is 9.04. The summed E-state index contributed by atoms with van der Waals surface area (Å²) < 4.78 is 32.4. The molecule has 1 unspecified atom stereocenters. The average Bonchev–Trinajstić information content (AvgIpc) is 2.82. The van der Waals surface area contributed by atoms with E-state index in [9.17, 15) is 18.0 Å². The quantitative estimate of drug-likeness (QED) is 0.482. The fourth-order valence-corrected chi connectivity index (χ4v) is 5.13. The third-order valence-electron chi connectivity index (χ3n) is 5.01. The highest BCUT2D eigenvalue weighted by Gasteiger charge is 2.38. The number of rotatable bonds is 7. The lowest BCUT2D eigenvalue weighted by atomic mass is 10.1. The van der Waals surface area contributed by atoms with E-state index >= 15 is 0 Å². The summed E-state index contributed by atoms with van der Waals surface area (Å²) in [6, 6.07) is 17.4. The Labute approximate surface area is 181 Å². The van der Waals surface area contributed by atoms with Crippen LogP contribution < -0.4 is 4.90 Å². The molecule has 1 fully saturated rings. The molecule has 0 aliphatic carbocycles. The number of nitrogens with zero attached hydrogens (tertiary/aromatic N) is 3. The maximum Gasteiger partial charge on any atom is 0.324 e. The molecule has 0 aromatic heterocycles. The molecule has 9 heteroatoms. The zero-order valence-corrected chi connectivity index (χ0v) is 17.7. The van der Waals surface area contributed by atoms with Crippen LogP contribution in [0.2, 0.25) is 0 Å². The van der Waals surface area contributed by atoms with Crippen LogP contribution >= 0.6 is 0 Å². The second kappa shape index (κ2) is 10.2. The first-order valence-electron chi connectivity index (χ1n) is 9.91. The average molecular weight is 442 g/mol. The number of nitriles is 1. The number of carbonyl (C=O) groups excluding carboxylic acids is 2. The molecule has 1 saturated heterocycles. The molecule has 0 radical (unpaired) electrons. The van der Waals surface area contributed by atoms with Gasteiger partial charge < -0.3 is 4.74 Å². The predicted molar refractivity (Wildman–Crippen MR) is 113 cm³/mol. The molecule has 0 bridgehead atoms. The van der Waals surface area contributed by atoms with Gasteiger partial charge in [0.1, 0.15) is 12.6 Å². The Hall–Kier alpha value is -3.22. The van der Waals surface area contributed by atoms with Crippen LogP contribution in [0.1, 0.15) is 19.3 Å². The van der Waals surface area contributed by atoms with Crippen molar-refractivity contribution < 1.29 is 22.7 Å². The third kappa shape index (κ3) is 5.29. The van der Waals surface area contributed by atoms with Crippen molar-refractivity contribution in [1.29, 1.82) is 5.26 Å². The summed E-state index contributed by atoms with van der Waals surface area (Å²) in [5.41, 5.74) is 0.510. The molecule has 162 valence electrons. The SMILES string of the molecule is N#CCN(C(=O)COC(=O)C1CCCCN1S(=O)(=O)c1ccccc1)c1ccccc1. The maximum absolute atomic E-state index is 13.0. The minimum absolute atomic E-state index is 0.107. The van der Waals surface area contributed by atoms with Crippen LogP contribution in [-0.2, 0) is 24.3 Å². The fraction of sp³-hybridized carbons (Fsp3) is 0.318. The van der Waals surface area contributed by atoms with Crippen LogP contribution in [0.4, 0.5) is 5.69 Å². The van der Waals surface area contributed by atoms with Gasteiger partial charge in [-0.05, 0) is 43.5 Å². The third-order valence-corrected chi connectivity index (χ3v) is 6.93. The van der Waals surface area contributed by atoms with Crippen molar-refractivity contribution in [3.8, 4) is 6.07 Å². The molecule has 2 aromatic rings. The second-order valence-electron chi connectivity index (χ2n) is 7.02. The summed E-state index contributed by atoms with van der Waals surface area (Å²) >= 11 is 0. The van der Waals surface area contributed by atoms with Crippen molar-refractivity contribution in [2.75, 3.05) is 24.6 Å². The Morgan fingerprint density at radius 1 is 1.06 bits per heavy atom. The van der Waals surface area contributed by atoms with Crippen molar-refractivity contribution >= 4 is 27.6 Å². The normalized spacial score (nSPS) is 16.8. The van der Waals surface area contributed by atoms with Gasteiger partial charge in [-0.2, -0.15) is 9.57 Å². The lowest BCUT2D eigenvalue weighted by molar-refractivity contribution is -0.152. The van der Waals surface area contributed by atoms with Crippen LogP contribution in [0.25, 0.3) is 0 Å². The smallest absolute Gasteiger partial charge is 0.324 e. The number of sulfonamides is 1. The van der Waals surface area contributed by atoms with Crippen LogP contribution in [0.5, 0.6) is 0 Å². The fourth-order valence-electron chi connectivity index (χ4n) is 3.47. The van der Waals surface area contributed by atoms with Crippen LogP contribution in [-0.4, -0.2) is 50.3 Å². The molecule has 31 heavy (non-hydrogen) atoms. The van der Waals surface area contributed by atoms with E-state index in [1.54, 1.807) is 48.5 Å². The van der Waals surface area contributed by atoms with Gasteiger partial charge >= 0.3 is 5.97 Å². The zero-order valence-electron chi connectivity index (χ0n) is 16.9. The highest BCUT2D eigenvalue weighted by atomic mass is 32.2. The molecule has 1 heterocycles. The number of esters is 1. The van der Waals surface area contributed by atoms with Gasteiger partial charge in [-0.15, -0.1) is 0 Å². The lowest BCUT2D eigenvalue weighted by Crippen LogP contribution is -2.49. The first kappa shape index (κ1) is 22.5. The summed E-state index contributed by atoms with van der Waals surface area (Å²) in [4.78, 5) is 26.7. The number of piperidine rings is 1. The monoisotopic (exact) mass is 441 g/mol. The van der Waals surface area contributed by atoms with Crippen molar-refractivity contribution in [1.82, 2.24) is 4.31 Å². The molecule has 3 rings (SSSR count). The summed E-state index contributed by atoms with van der Waals surface area (Å²) in [7, 11) is -3.87. The first-order chi connectivity index (χ1) is 14.9.